The van der Waals surface area contributed by atoms with Crippen molar-refractivity contribution < 1.29 is 24.3 Å². The Kier molecular flexibility index (Phi) is 9.30. The van der Waals surface area contributed by atoms with Crippen LogP contribution in [0.2, 0.25) is 5.02 Å². The second kappa shape index (κ2) is 12.4. The van der Waals surface area contributed by atoms with Crippen LogP contribution in [0.15, 0.2) is 54.6 Å². The second-order valence-electron chi connectivity index (χ2n) is 8.25. The van der Waals surface area contributed by atoms with E-state index in [1.165, 1.54) is 4.90 Å². The fourth-order valence-corrected chi connectivity index (χ4v) is 4.39. The van der Waals surface area contributed by atoms with Crippen molar-refractivity contribution in [2.45, 2.75) is 51.3 Å². The van der Waals surface area contributed by atoms with Crippen LogP contribution in [0.4, 0.5) is 4.79 Å². The van der Waals surface area contributed by atoms with Gasteiger partial charge in [0.1, 0.15) is 0 Å². The Hall–Kier alpha value is -3.10. The number of nitrogens with one attached hydrogen (secondary N) is 2. The molecule has 8 nitrogen and oxygen atoms in total. The number of hydrogen-bond acceptors (Lipinski definition) is 5. The maximum atomic E-state index is 13.8. The molecule has 9 heteroatoms. The monoisotopic (exact) mass is 487 g/mol. The molecule has 0 bridgehead atoms. The standard InChI is InChI=1S/C25H30ClN3O5/c1-2-20(23(30)28-33)22(18-11-13-19(26)14-12-18)24(31)29-15-7-6-10-21(29)34-25(32)27-16-17-8-4-3-5-9-17/h3-5,8-9,11-14,20-22,33H,2,6-7,10,15-16H2,1H3,(H,27,32)(H,28,30)/t20-,21-,22+/m0/s1. The zero-order valence-corrected chi connectivity index (χ0v) is 19.8. The van der Waals surface area contributed by atoms with Crippen molar-refractivity contribution in [3.05, 3.63) is 70.7 Å². The summed E-state index contributed by atoms with van der Waals surface area (Å²) in [6.07, 6.45) is 1.02. The van der Waals surface area contributed by atoms with Crippen LogP contribution in [0.25, 0.3) is 0 Å². The van der Waals surface area contributed by atoms with Gasteiger partial charge in [-0.05, 0) is 42.5 Å². The summed E-state index contributed by atoms with van der Waals surface area (Å²) >= 11 is 6.02. The average Bonchev–Trinajstić information content (AvgIpc) is 2.87. The molecule has 3 atom stereocenters. The summed E-state index contributed by atoms with van der Waals surface area (Å²) in [5, 5.41) is 12.5. The molecule has 0 spiro atoms. The van der Waals surface area contributed by atoms with Crippen molar-refractivity contribution in [3.8, 4) is 0 Å². The van der Waals surface area contributed by atoms with E-state index in [1.807, 2.05) is 30.3 Å². The SMILES string of the molecule is CC[C@H](C(=O)NO)[C@H](C(=O)N1CCCC[C@@H]1OC(=O)NCc1ccccc1)c1ccc(Cl)cc1. The van der Waals surface area contributed by atoms with Crippen molar-refractivity contribution in [1.82, 2.24) is 15.7 Å². The lowest BCUT2D eigenvalue weighted by Gasteiger charge is -2.38. The van der Waals surface area contributed by atoms with E-state index in [4.69, 9.17) is 16.3 Å². The van der Waals surface area contributed by atoms with Gasteiger partial charge in [0.2, 0.25) is 11.8 Å². The van der Waals surface area contributed by atoms with Crippen molar-refractivity contribution in [3.63, 3.8) is 0 Å². The van der Waals surface area contributed by atoms with Crippen LogP contribution in [-0.4, -0.2) is 40.8 Å². The molecule has 3 amide bonds. The lowest BCUT2D eigenvalue weighted by atomic mass is 9.82. The summed E-state index contributed by atoms with van der Waals surface area (Å²) in [5.74, 6) is -2.66. The minimum atomic E-state index is -0.869. The van der Waals surface area contributed by atoms with E-state index in [9.17, 15) is 19.6 Å². The first-order chi connectivity index (χ1) is 16.4. The molecule has 1 aliphatic heterocycles. The van der Waals surface area contributed by atoms with Gasteiger partial charge in [-0.1, -0.05) is 61.0 Å². The molecule has 1 aliphatic rings. The largest absolute Gasteiger partial charge is 0.425 e. The molecule has 3 N–H and O–H groups in total. The van der Waals surface area contributed by atoms with Gasteiger partial charge in [-0.3, -0.25) is 14.8 Å². The molecule has 0 unspecified atom stereocenters. The molecule has 1 saturated heterocycles. The van der Waals surface area contributed by atoms with E-state index < -0.39 is 30.1 Å². The number of likely N-dealkylation sites (tertiary alicyclic amines) is 1. The van der Waals surface area contributed by atoms with Gasteiger partial charge in [0.15, 0.2) is 6.23 Å². The molecule has 1 fully saturated rings. The van der Waals surface area contributed by atoms with Gasteiger partial charge in [-0.15, -0.1) is 0 Å². The van der Waals surface area contributed by atoms with E-state index >= 15 is 0 Å². The summed E-state index contributed by atoms with van der Waals surface area (Å²) in [6, 6.07) is 16.2. The minimum absolute atomic E-state index is 0.308. The lowest BCUT2D eigenvalue weighted by Crippen LogP contribution is -2.51. The number of ether oxygens (including phenoxy) is 1. The van der Waals surface area contributed by atoms with Crippen LogP contribution in [-0.2, 0) is 20.9 Å². The number of nitrogens with zero attached hydrogens (tertiary/aromatic N) is 1. The van der Waals surface area contributed by atoms with Gasteiger partial charge in [0, 0.05) is 24.5 Å². The maximum absolute atomic E-state index is 13.8. The van der Waals surface area contributed by atoms with E-state index in [0.717, 1.165) is 18.4 Å². The number of piperidine rings is 1. The third-order valence-corrected chi connectivity index (χ3v) is 6.29. The van der Waals surface area contributed by atoms with E-state index in [-0.39, 0.29) is 5.91 Å². The summed E-state index contributed by atoms with van der Waals surface area (Å²) in [5.41, 5.74) is 3.21. The number of hydroxylamine groups is 1. The third kappa shape index (κ3) is 6.48. The van der Waals surface area contributed by atoms with E-state index in [0.29, 0.717) is 36.5 Å². The van der Waals surface area contributed by atoms with Crippen molar-refractivity contribution in [1.29, 1.82) is 0 Å². The normalized spacial score (nSPS) is 17.4. The fraction of sp³-hybridized carbons (Fsp3) is 0.400. The predicted octanol–water partition coefficient (Wildman–Crippen LogP) is 4.22. The number of carbonyl (C=O) groups excluding carboxylic acids is 3. The van der Waals surface area contributed by atoms with Crippen molar-refractivity contribution >= 4 is 29.5 Å². The lowest BCUT2D eigenvalue weighted by molar-refractivity contribution is -0.151. The number of carbonyl (C=O) groups is 3. The van der Waals surface area contributed by atoms with Crippen LogP contribution >= 0.6 is 11.6 Å². The number of amides is 3. The fourth-order valence-electron chi connectivity index (χ4n) is 4.26. The Morgan fingerprint density at radius 1 is 1.12 bits per heavy atom. The highest BCUT2D eigenvalue weighted by Crippen LogP contribution is 2.33. The van der Waals surface area contributed by atoms with Crippen LogP contribution in [0, 0.1) is 5.92 Å². The molecule has 182 valence electrons. The molecule has 0 radical (unpaired) electrons. The average molecular weight is 488 g/mol. The smallest absolute Gasteiger partial charge is 0.409 e. The van der Waals surface area contributed by atoms with E-state index in [2.05, 4.69) is 5.32 Å². The van der Waals surface area contributed by atoms with Crippen molar-refractivity contribution in [2.75, 3.05) is 6.54 Å². The first-order valence-electron chi connectivity index (χ1n) is 11.4. The predicted molar refractivity (Wildman–Crippen MR) is 127 cm³/mol. The Labute approximate surface area is 204 Å². The zero-order valence-electron chi connectivity index (χ0n) is 19.1. The van der Waals surface area contributed by atoms with Gasteiger partial charge in [-0.25, -0.2) is 10.3 Å². The Balaban J connectivity index is 1.79. The topological polar surface area (TPSA) is 108 Å². The first kappa shape index (κ1) is 25.5. The highest BCUT2D eigenvalue weighted by atomic mass is 35.5. The molecular formula is C25H30ClN3O5. The molecule has 1 heterocycles. The van der Waals surface area contributed by atoms with Gasteiger partial charge in [0.25, 0.3) is 0 Å². The summed E-state index contributed by atoms with van der Waals surface area (Å²) in [7, 11) is 0. The van der Waals surface area contributed by atoms with Crippen LogP contribution in [0.5, 0.6) is 0 Å². The Morgan fingerprint density at radius 3 is 2.47 bits per heavy atom. The second-order valence-corrected chi connectivity index (χ2v) is 8.68. The third-order valence-electron chi connectivity index (χ3n) is 6.04. The Bertz CT molecular complexity index is 970. The van der Waals surface area contributed by atoms with Gasteiger partial charge in [0.05, 0.1) is 11.8 Å². The van der Waals surface area contributed by atoms with Gasteiger partial charge in [-0.2, -0.15) is 0 Å². The van der Waals surface area contributed by atoms with Crippen molar-refractivity contribution in [2.24, 2.45) is 5.92 Å². The number of hydrogen-bond donors (Lipinski definition) is 3. The molecular weight excluding hydrogens is 458 g/mol. The molecule has 2 aromatic carbocycles. The molecule has 34 heavy (non-hydrogen) atoms. The maximum Gasteiger partial charge on any atom is 0.409 e. The molecule has 0 saturated carbocycles. The minimum Gasteiger partial charge on any atom is -0.425 e. The van der Waals surface area contributed by atoms with Gasteiger partial charge < -0.3 is 15.0 Å². The molecule has 0 aliphatic carbocycles. The summed E-state index contributed by atoms with van der Waals surface area (Å²) in [4.78, 5) is 40.3. The summed E-state index contributed by atoms with van der Waals surface area (Å²) < 4.78 is 5.64. The number of benzene rings is 2. The zero-order chi connectivity index (χ0) is 24.5. The number of rotatable bonds is 8. The van der Waals surface area contributed by atoms with Crippen LogP contribution in [0.3, 0.4) is 0 Å². The van der Waals surface area contributed by atoms with Crippen LogP contribution in [0.1, 0.15) is 49.7 Å². The van der Waals surface area contributed by atoms with E-state index in [1.54, 1.807) is 36.7 Å². The molecule has 3 rings (SSSR count). The van der Waals surface area contributed by atoms with Crippen LogP contribution < -0.4 is 10.8 Å². The van der Waals surface area contributed by atoms with Gasteiger partial charge >= 0.3 is 6.09 Å². The highest BCUT2D eigenvalue weighted by molar-refractivity contribution is 6.30. The first-order valence-corrected chi connectivity index (χ1v) is 11.8. The number of halogens is 1. The molecule has 2 aromatic rings. The number of alkyl carbamates (subject to hydrolysis) is 1. The molecule has 0 aromatic heterocycles. The quantitative estimate of drug-likeness (QED) is 0.381. The Morgan fingerprint density at radius 2 is 1.82 bits per heavy atom. The highest BCUT2D eigenvalue weighted by Gasteiger charge is 2.40. The summed E-state index contributed by atoms with van der Waals surface area (Å²) in [6.45, 7) is 2.48.